The molecule has 0 fully saturated rings. The zero-order valence-electron chi connectivity index (χ0n) is 24.4. The molecule has 0 aliphatic carbocycles. The van der Waals surface area contributed by atoms with Crippen molar-refractivity contribution in [3.8, 4) is 16.9 Å². The maximum atomic E-state index is 15.2. The third kappa shape index (κ3) is 7.06. The van der Waals surface area contributed by atoms with Gasteiger partial charge in [-0.3, -0.25) is 10.1 Å². The molecule has 1 atom stereocenters. The SMILES string of the molecule is COc1ccnc(Cl)c1C(CC=O)Nc1cc(-c2cnc(C(C)(C)O[Si](C)(C)C(C)(C)C)nc2)c(F)cc1[N+](=O)[O-]. The Labute approximate surface area is 245 Å². The largest absolute Gasteiger partial charge is 0.496 e. The van der Waals surface area contributed by atoms with Crippen LogP contribution in [0.1, 0.15) is 58.5 Å². The van der Waals surface area contributed by atoms with Crippen LogP contribution >= 0.6 is 11.6 Å². The van der Waals surface area contributed by atoms with Gasteiger partial charge in [0, 0.05) is 36.1 Å². The lowest BCUT2D eigenvalue weighted by atomic mass is 10.0. The van der Waals surface area contributed by atoms with E-state index in [1.165, 1.54) is 31.8 Å². The Kier molecular flexibility index (Phi) is 9.51. The number of hydrogen-bond acceptors (Lipinski definition) is 9. The molecule has 0 aliphatic heterocycles. The number of aromatic nitrogens is 3. The van der Waals surface area contributed by atoms with Crippen molar-refractivity contribution in [1.82, 2.24) is 15.0 Å². The van der Waals surface area contributed by atoms with Gasteiger partial charge in [0.15, 0.2) is 14.1 Å². The molecule has 2 aromatic heterocycles. The van der Waals surface area contributed by atoms with Crippen molar-refractivity contribution < 1.29 is 23.3 Å². The highest BCUT2D eigenvalue weighted by Gasteiger charge is 2.43. The summed E-state index contributed by atoms with van der Waals surface area (Å²) < 4.78 is 27.2. The molecule has 1 N–H and O–H groups in total. The van der Waals surface area contributed by atoms with E-state index < -0.39 is 36.4 Å². The zero-order valence-corrected chi connectivity index (χ0v) is 26.2. The number of methoxy groups -OCH3 is 1. The van der Waals surface area contributed by atoms with E-state index in [1.807, 2.05) is 13.8 Å². The highest BCUT2D eigenvalue weighted by Crippen LogP contribution is 2.42. The number of carbonyl (C=O) groups is 1. The third-order valence-corrected chi connectivity index (χ3v) is 12.2. The maximum Gasteiger partial charge on any atom is 0.295 e. The van der Waals surface area contributed by atoms with Crippen molar-refractivity contribution in [2.24, 2.45) is 0 Å². The molecule has 0 spiro atoms. The Morgan fingerprint density at radius 2 is 1.80 bits per heavy atom. The van der Waals surface area contributed by atoms with Gasteiger partial charge >= 0.3 is 0 Å². The van der Waals surface area contributed by atoms with Gasteiger partial charge in [0.05, 0.1) is 29.7 Å². The highest BCUT2D eigenvalue weighted by molar-refractivity contribution is 6.74. The van der Waals surface area contributed by atoms with Crippen LogP contribution < -0.4 is 10.1 Å². The molecule has 3 rings (SSSR count). The van der Waals surface area contributed by atoms with Gasteiger partial charge in [-0.1, -0.05) is 32.4 Å². The number of hydrogen-bond donors (Lipinski definition) is 1. The second-order valence-electron chi connectivity index (χ2n) is 11.6. The molecule has 0 aliphatic rings. The molecule has 3 aromatic rings. The van der Waals surface area contributed by atoms with Crippen LogP contribution in [0, 0.1) is 15.9 Å². The molecule has 0 saturated heterocycles. The average molecular weight is 604 g/mol. The Morgan fingerprint density at radius 3 is 2.34 bits per heavy atom. The number of rotatable bonds is 11. The molecule has 10 nitrogen and oxygen atoms in total. The molecule has 2 heterocycles. The van der Waals surface area contributed by atoms with Crippen molar-refractivity contribution in [2.75, 3.05) is 12.4 Å². The number of ether oxygens (including phenoxy) is 1. The summed E-state index contributed by atoms with van der Waals surface area (Å²) in [6, 6.07) is 2.81. The van der Waals surface area contributed by atoms with Crippen molar-refractivity contribution in [1.29, 1.82) is 0 Å². The number of halogens is 2. The zero-order chi connectivity index (χ0) is 30.8. The van der Waals surface area contributed by atoms with Crippen LogP contribution in [-0.2, 0) is 14.8 Å². The predicted octanol–water partition coefficient (Wildman–Crippen LogP) is 7.25. The summed E-state index contributed by atoms with van der Waals surface area (Å²) in [7, 11) is -0.731. The van der Waals surface area contributed by atoms with E-state index in [-0.39, 0.29) is 27.9 Å². The van der Waals surface area contributed by atoms with Crippen molar-refractivity contribution >= 4 is 37.6 Å². The number of nitrogens with zero attached hydrogens (tertiary/aromatic N) is 4. The first-order valence-corrected chi connectivity index (χ1v) is 16.2. The summed E-state index contributed by atoms with van der Waals surface area (Å²) >= 11 is 6.31. The molecule has 220 valence electrons. The molecular formula is C28H35ClFN5O5Si. The lowest BCUT2D eigenvalue weighted by Crippen LogP contribution is -2.46. The van der Waals surface area contributed by atoms with Crippen LogP contribution in [0.25, 0.3) is 11.1 Å². The van der Waals surface area contributed by atoms with Crippen molar-refractivity contribution in [3.63, 3.8) is 0 Å². The molecule has 1 unspecified atom stereocenters. The number of benzene rings is 1. The van der Waals surface area contributed by atoms with Crippen LogP contribution in [0.5, 0.6) is 5.75 Å². The molecule has 41 heavy (non-hydrogen) atoms. The fraction of sp³-hybridized carbons (Fsp3) is 0.429. The van der Waals surface area contributed by atoms with E-state index in [0.717, 1.165) is 6.07 Å². The molecule has 0 amide bonds. The Morgan fingerprint density at radius 1 is 1.17 bits per heavy atom. The summed E-state index contributed by atoms with van der Waals surface area (Å²) in [6.07, 6.45) is 4.86. The first-order valence-electron chi connectivity index (χ1n) is 12.9. The quantitative estimate of drug-likeness (QED) is 0.0791. The van der Waals surface area contributed by atoms with Gasteiger partial charge in [-0.15, -0.1) is 0 Å². The minimum atomic E-state index is -2.16. The Hall–Kier alpha value is -3.48. The van der Waals surface area contributed by atoms with Gasteiger partial charge in [-0.05, 0) is 44.1 Å². The number of aldehydes is 1. The van der Waals surface area contributed by atoms with Crippen LogP contribution in [0.2, 0.25) is 23.3 Å². The van der Waals surface area contributed by atoms with Crippen LogP contribution in [0.3, 0.4) is 0 Å². The minimum absolute atomic E-state index is 0.0265. The van der Waals surface area contributed by atoms with Crippen LogP contribution in [0.4, 0.5) is 15.8 Å². The second-order valence-corrected chi connectivity index (χ2v) is 16.7. The van der Waals surface area contributed by atoms with Crippen molar-refractivity contribution in [2.45, 2.75) is 70.8 Å². The molecular weight excluding hydrogens is 569 g/mol. The van der Waals surface area contributed by atoms with Crippen molar-refractivity contribution in [3.05, 3.63) is 69.3 Å². The molecule has 0 radical (unpaired) electrons. The normalized spacial score (nSPS) is 13.0. The molecule has 0 saturated carbocycles. The standard InChI is InChI=1S/C28H35ClFN5O5Si/c1-27(2,3)41(7,8)40-28(4,5)26-32-15-17(16-33-26)18-13-21(22(35(37)38)14-19(18)30)34-20(10-12-36)24-23(39-6)9-11-31-25(24)29/h9,11-16,20,34H,10H2,1-8H3. The number of nitro groups is 1. The lowest BCUT2D eigenvalue weighted by Gasteiger charge is -2.42. The fourth-order valence-corrected chi connectivity index (χ4v) is 6.08. The summed E-state index contributed by atoms with van der Waals surface area (Å²) in [5, 5.41) is 14.9. The first kappa shape index (κ1) is 32.0. The summed E-state index contributed by atoms with van der Waals surface area (Å²) in [5.74, 6) is -0.0729. The summed E-state index contributed by atoms with van der Waals surface area (Å²) in [6.45, 7) is 14.5. The Balaban J connectivity index is 2.04. The van der Waals surface area contributed by atoms with Gasteiger partial charge < -0.3 is 19.3 Å². The minimum Gasteiger partial charge on any atom is -0.496 e. The molecule has 1 aromatic carbocycles. The summed E-state index contributed by atoms with van der Waals surface area (Å²) in [5.41, 5.74) is -0.695. The van der Waals surface area contributed by atoms with E-state index in [9.17, 15) is 14.9 Å². The van der Waals surface area contributed by atoms with Gasteiger partial charge in [-0.2, -0.15) is 0 Å². The lowest BCUT2D eigenvalue weighted by molar-refractivity contribution is -0.384. The van der Waals surface area contributed by atoms with E-state index in [4.69, 9.17) is 20.8 Å². The van der Waals surface area contributed by atoms with E-state index in [1.54, 1.807) is 6.07 Å². The number of anilines is 1. The van der Waals surface area contributed by atoms with Gasteiger partial charge in [0.2, 0.25) is 0 Å². The Bertz CT molecular complexity index is 1430. The van der Waals surface area contributed by atoms with E-state index in [2.05, 4.69) is 54.1 Å². The van der Waals surface area contributed by atoms with Gasteiger partial charge in [0.25, 0.3) is 5.69 Å². The number of nitro benzene ring substituents is 1. The monoisotopic (exact) mass is 603 g/mol. The highest BCUT2D eigenvalue weighted by atomic mass is 35.5. The second kappa shape index (κ2) is 12.2. The number of nitrogens with one attached hydrogen (secondary N) is 1. The van der Waals surface area contributed by atoms with Gasteiger partial charge in [-0.25, -0.2) is 19.3 Å². The number of carbonyl (C=O) groups excluding carboxylic acids is 1. The van der Waals surface area contributed by atoms with E-state index >= 15 is 4.39 Å². The van der Waals surface area contributed by atoms with Crippen LogP contribution in [0.15, 0.2) is 36.8 Å². The topological polar surface area (TPSA) is 129 Å². The van der Waals surface area contributed by atoms with E-state index in [0.29, 0.717) is 29.0 Å². The van der Waals surface area contributed by atoms with Crippen LogP contribution in [-0.4, -0.2) is 41.6 Å². The maximum absolute atomic E-state index is 15.2. The third-order valence-electron chi connectivity index (χ3n) is 7.23. The summed E-state index contributed by atoms with van der Waals surface area (Å²) in [4.78, 5) is 35.7. The fourth-order valence-electron chi connectivity index (χ4n) is 4.12. The average Bonchev–Trinajstić information content (AvgIpc) is 2.87. The molecule has 0 bridgehead atoms. The molecule has 13 heteroatoms. The number of pyridine rings is 1. The predicted molar refractivity (Wildman–Crippen MR) is 158 cm³/mol. The first-order chi connectivity index (χ1) is 19.0. The van der Waals surface area contributed by atoms with Gasteiger partial charge in [0.1, 0.15) is 34.3 Å². The smallest absolute Gasteiger partial charge is 0.295 e.